The third-order valence-corrected chi connectivity index (χ3v) is 3.18. The molecule has 1 aromatic carbocycles. The number of imidazole rings is 1. The van der Waals surface area contributed by atoms with Crippen molar-refractivity contribution in [2.45, 2.75) is 19.3 Å². The van der Waals surface area contributed by atoms with Gasteiger partial charge in [0.15, 0.2) is 11.5 Å². The summed E-state index contributed by atoms with van der Waals surface area (Å²) in [6.07, 6.45) is 0. The number of fused-ring (bicyclic) bond motifs is 2. The van der Waals surface area contributed by atoms with Crippen molar-refractivity contribution in [3.05, 3.63) is 18.0 Å². The van der Waals surface area contributed by atoms with Crippen molar-refractivity contribution in [3.8, 4) is 11.5 Å². The zero-order valence-corrected chi connectivity index (χ0v) is 10.5. The number of aliphatic hydroxyl groups excluding tert-OH is 1. The van der Waals surface area contributed by atoms with Crippen LogP contribution in [0.5, 0.6) is 11.5 Å². The van der Waals surface area contributed by atoms with Crippen LogP contribution in [0.15, 0.2) is 12.1 Å². The second kappa shape index (κ2) is 3.88. The van der Waals surface area contributed by atoms with Gasteiger partial charge in [0, 0.05) is 17.5 Å². The number of aromatic amines is 1. The maximum atomic E-state index is 9.37. The minimum Gasteiger partial charge on any atom is -0.486 e. The number of H-pyrrole nitrogens is 1. The Hall–Kier alpha value is -1.75. The number of aliphatic hydroxyl groups is 1. The van der Waals surface area contributed by atoms with E-state index in [9.17, 15) is 5.11 Å². The standard InChI is InChI=1S/C13H16N2O3/c1-13(2,7-16)12-14-8-5-10-11(6-9(8)15-12)18-4-3-17-10/h5-6,16H,3-4,7H2,1-2H3,(H,14,15). The summed E-state index contributed by atoms with van der Waals surface area (Å²) >= 11 is 0. The highest BCUT2D eigenvalue weighted by Gasteiger charge is 2.24. The fourth-order valence-electron chi connectivity index (χ4n) is 1.94. The SMILES string of the molecule is CC(C)(CO)c1nc2cc3c(cc2[nH]1)OCCO3. The molecule has 96 valence electrons. The smallest absolute Gasteiger partial charge is 0.163 e. The van der Waals surface area contributed by atoms with E-state index in [1.807, 2.05) is 26.0 Å². The van der Waals surface area contributed by atoms with Crippen molar-refractivity contribution in [2.75, 3.05) is 19.8 Å². The number of rotatable bonds is 2. The largest absolute Gasteiger partial charge is 0.486 e. The number of nitrogens with one attached hydrogen (secondary N) is 1. The number of benzene rings is 1. The molecule has 0 fully saturated rings. The highest BCUT2D eigenvalue weighted by Crippen LogP contribution is 2.34. The van der Waals surface area contributed by atoms with Gasteiger partial charge in [-0.05, 0) is 0 Å². The van der Waals surface area contributed by atoms with Crippen molar-refractivity contribution < 1.29 is 14.6 Å². The lowest BCUT2D eigenvalue weighted by molar-refractivity contribution is 0.172. The van der Waals surface area contributed by atoms with Crippen LogP contribution in [0.3, 0.4) is 0 Å². The van der Waals surface area contributed by atoms with Crippen molar-refractivity contribution in [2.24, 2.45) is 0 Å². The molecular weight excluding hydrogens is 232 g/mol. The van der Waals surface area contributed by atoms with Crippen LogP contribution in [0.2, 0.25) is 0 Å². The molecule has 1 aliphatic rings. The molecule has 2 aromatic rings. The first-order valence-corrected chi connectivity index (χ1v) is 6.01. The minimum absolute atomic E-state index is 0.0412. The Kier molecular flexibility index (Phi) is 2.45. The van der Waals surface area contributed by atoms with Gasteiger partial charge in [-0.1, -0.05) is 13.8 Å². The summed E-state index contributed by atoms with van der Waals surface area (Å²) in [4.78, 5) is 7.74. The number of nitrogens with zero attached hydrogens (tertiary/aromatic N) is 1. The van der Waals surface area contributed by atoms with E-state index in [0.29, 0.717) is 13.2 Å². The van der Waals surface area contributed by atoms with E-state index in [4.69, 9.17) is 9.47 Å². The Labute approximate surface area is 105 Å². The van der Waals surface area contributed by atoms with Crippen LogP contribution in [-0.2, 0) is 5.41 Å². The van der Waals surface area contributed by atoms with Crippen LogP contribution < -0.4 is 9.47 Å². The summed E-state index contributed by atoms with van der Waals surface area (Å²) in [6, 6.07) is 3.77. The zero-order chi connectivity index (χ0) is 12.8. The molecule has 1 aromatic heterocycles. The lowest BCUT2D eigenvalue weighted by Gasteiger charge is -2.17. The van der Waals surface area contributed by atoms with Gasteiger partial charge in [-0.3, -0.25) is 0 Å². The lowest BCUT2D eigenvalue weighted by Crippen LogP contribution is -2.23. The fourth-order valence-corrected chi connectivity index (χ4v) is 1.94. The number of aromatic nitrogens is 2. The molecule has 0 saturated carbocycles. The average Bonchev–Trinajstić information content (AvgIpc) is 2.79. The topological polar surface area (TPSA) is 67.4 Å². The predicted octanol–water partition coefficient (Wildman–Crippen LogP) is 1.60. The van der Waals surface area contributed by atoms with Gasteiger partial charge in [0.2, 0.25) is 0 Å². The van der Waals surface area contributed by atoms with Crippen molar-refractivity contribution in [1.29, 1.82) is 0 Å². The van der Waals surface area contributed by atoms with E-state index >= 15 is 0 Å². The van der Waals surface area contributed by atoms with E-state index in [-0.39, 0.29) is 12.0 Å². The summed E-state index contributed by atoms with van der Waals surface area (Å²) in [5.41, 5.74) is 1.34. The first kappa shape index (κ1) is 11.3. The van der Waals surface area contributed by atoms with Gasteiger partial charge in [-0.25, -0.2) is 4.98 Å². The van der Waals surface area contributed by atoms with Gasteiger partial charge in [-0.15, -0.1) is 0 Å². The lowest BCUT2D eigenvalue weighted by atomic mass is 9.94. The second-order valence-corrected chi connectivity index (χ2v) is 5.14. The Morgan fingerprint density at radius 1 is 1.28 bits per heavy atom. The normalized spacial score (nSPS) is 15.1. The summed E-state index contributed by atoms with van der Waals surface area (Å²) in [5, 5.41) is 9.37. The van der Waals surface area contributed by atoms with Gasteiger partial charge in [0.05, 0.1) is 17.6 Å². The minimum atomic E-state index is -0.388. The van der Waals surface area contributed by atoms with Crippen LogP contribution in [0.4, 0.5) is 0 Å². The molecule has 0 radical (unpaired) electrons. The van der Waals surface area contributed by atoms with Crippen molar-refractivity contribution in [1.82, 2.24) is 9.97 Å². The summed E-state index contributed by atoms with van der Waals surface area (Å²) in [7, 11) is 0. The Bertz CT molecular complexity index is 546. The van der Waals surface area contributed by atoms with Gasteiger partial charge in [0.1, 0.15) is 19.0 Å². The molecule has 18 heavy (non-hydrogen) atoms. The average molecular weight is 248 g/mol. The molecule has 1 aliphatic heterocycles. The van der Waals surface area contributed by atoms with Crippen molar-refractivity contribution in [3.63, 3.8) is 0 Å². The van der Waals surface area contributed by atoms with E-state index in [1.54, 1.807) is 0 Å². The quantitative estimate of drug-likeness (QED) is 0.847. The third-order valence-electron chi connectivity index (χ3n) is 3.18. The number of hydrogen-bond acceptors (Lipinski definition) is 4. The highest BCUT2D eigenvalue weighted by molar-refractivity contribution is 5.80. The van der Waals surface area contributed by atoms with Crippen LogP contribution in [0.25, 0.3) is 11.0 Å². The van der Waals surface area contributed by atoms with Crippen LogP contribution >= 0.6 is 0 Å². The molecule has 0 bridgehead atoms. The molecule has 0 spiro atoms. The molecule has 0 aliphatic carbocycles. The van der Waals surface area contributed by atoms with Gasteiger partial charge in [-0.2, -0.15) is 0 Å². The molecular formula is C13H16N2O3. The number of ether oxygens (including phenoxy) is 2. The summed E-state index contributed by atoms with van der Waals surface area (Å²) < 4.78 is 11.1. The molecule has 2 N–H and O–H groups in total. The van der Waals surface area contributed by atoms with E-state index < -0.39 is 0 Å². The van der Waals surface area contributed by atoms with Crippen LogP contribution in [0.1, 0.15) is 19.7 Å². The summed E-state index contributed by atoms with van der Waals surface area (Å²) in [6.45, 7) is 5.06. The Balaban J connectivity index is 2.12. The van der Waals surface area contributed by atoms with Gasteiger partial charge >= 0.3 is 0 Å². The fraction of sp³-hybridized carbons (Fsp3) is 0.462. The van der Waals surface area contributed by atoms with Crippen molar-refractivity contribution >= 4 is 11.0 Å². The first-order valence-electron chi connectivity index (χ1n) is 6.01. The Morgan fingerprint density at radius 3 is 2.61 bits per heavy atom. The van der Waals surface area contributed by atoms with Crippen LogP contribution in [0, 0.1) is 0 Å². The number of hydrogen-bond donors (Lipinski definition) is 2. The predicted molar refractivity (Wildman–Crippen MR) is 67.2 cm³/mol. The third kappa shape index (κ3) is 1.71. The summed E-state index contributed by atoms with van der Waals surface area (Å²) in [5.74, 6) is 2.24. The van der Waals surface area contributed by atoms with Gasteiger partial charge < -0.3 is 19.6 Å². The molecule has 0 amide bonds. The maximum Gasteiger partial charge on any atom is 0.163 e. The maximum absolute atomic E-state index is 9.37. The van der Waals surface area contributed by atoms with E-state index in [0.717, 1.165) is 28.4 Å². The Morgan fingerprint density at radius 2 is 1.94 bits per heavy atom. The first-order chi connectivity index (χ1) is 8.60. The second-order valence-electron chi connectivity index (χ2n) is 5.14. The molecule has 2 heterocycles. The molecule has 0 saturated heterocycles. The molecule has 0 unspecified atom stereocenters. The molecule has 5 nitrogen and oxygen atoms in total. The van der Waals surface area contributed by atoms with E-state index in [2.05, 4.69) is 9.97 Å². The zero-order valence-electron chi connectivity index (χ0n) is 10.5. The molecule has 0 atom stereocenters. The molecule has 3 rings (SSSR count). The highest BCUT2D eigenvalue weighted by atomic mass is 16.6. The van der Waals surface area contributed by atoms with Gasteiger partial charge in [0.25, 0.3) is 0 Å². The van der Waals surface area contributed by atoms with Crippen LogP contribution in [-0.4, -0.2) is 34.9 Å². The molecule has 5 heteroatoms. The monoisotopic (exact) mass is 248 g/mol. The van der Waals surface area contributed by atoms with E-state index in [1.165, 1.54) is 0 Å².